The van der Waals surface area contributed by atoms with Gasteiger partial charge >= 0.3 is 5.56 Å². The van der Waals surface area contributed by atoms with E-state index in [4.69, 9.17) is 12.2 Å². The van der Waals surface area contributed by atoms with Gasteiger partial charge in [0.15, 0.2) is 5.69 Å². The summed E-state index contributed by atoms with van der Waals surface area (Å²) in [6.45, 7) is 0. The van der Waals surface area contributed by atoms with Gasteiger partial charge in [-0.15, -0.1) is 9.79 Å². The lowest BCUT2D eigenvalue weighted by atomic mass is 10.2. The number of rotatable bonds is 3. The number of aromatic hydroxyl groups is 1. The first-order valence-corrected chi connectivity index (χ1v) is 7.04. The maximum atomic E-state index is 12.5. The van der Waals surface area contributed by atoms with Gasteiger partial charge in [0, 0.05) is 5.56 Å². The third kappa shape index (κ3) is 3.22. The fraction of sp³-hybridized carbons (Fsp3) is 0. The molecule has 114 valence electrons. The highest BCUT2D eigenvalue weighted by Crippen LogP contribution is 2.17. The Balaban J connectivity index is 2.04. The van der Waals surface area contributed by atoms with Crippen LogP contribution in [-0.4, -0.2) is 20.0 Å². The zero-order chi connectivity index (χ0) is 16.2. The van der Waals surface area contributed by atoms with E-state index in [2.05, 4.69) is 20.5 Å². The van der Waals surface area contributed by atoms with E-state index in [1.54, 1.807) is 36.4 Å². The molecule has 8 heteroatoms. The summed E-state index contributed by atoms with van der Waals surface area (Å²) < 4.78 is 1.01. The summed E-state index contributed by atoms with van der Waals surface area (Å²) in [7, 11) is 0. The van der Waals surface area contributed by atoms with Crippen molar-refractivity contribution in [1.29, 1.82) is 0 Å². The van der Waals surface area contributed by atoms with Gasteiger partial charge in [0.2, 0.25) is 4.77 Å². The van der Waals surface area contributed by atoms with Crippen molar-refractivity contribution in [2.45, 2.75) is 0 Å². The average molecular weight is 325 g/mol. The molecule has 2 aromatic carbocycles. The molecule has 0 radical (unpaired) electrons. The Hall–Kier alpha value is -3.13. The summed E-state index contributed by atoms with van der Waals surface area (Å²) in [4.78, 5) is 12.5. The zero-order valence-electron chi connectivity index (χ0n) is 11.7. The smallest absolute Gasteiger partial charge is 0.303 e. The van der Waals surface area contributed by atoms with Crippen LogP contribution in [0.1, 0.15) is 0 Å². The summed E-state index contributed by atoms with van der Waals surface area (Å²) in [5.41, 5.74) is 0.853. The number of nitrogens with zero attached hydrogens (tertiary/aromatic N) is 4. The standard InChI is InChI=1S/C15H11N5O2S/c21-12-8-6-11(7-9-12)16-19-20-14(22)13(17-18-15(20)23)10-4-2-1-3-5-10/h1-9,21H,(H,18,23). The highest BCUT2D eigenvalue weighted by molar-refractivity contribution is 7.71. The van der Waals surface area contributed by atoms with Crippen LogP contribution in [0.4, 0.5) is 5.69 Å². The molecule has 0 saturated carbocycles. The third-order valence-corrected chi connectivity index (χ3v) is 3.26. The predicted molar refractivity (Wildman–Crippen MR) is 87.1 cm³/mol. The van der Waals surface area contributed by atoms with Crippen molar-refractivity contribution in [2.24, 2.45) is 10.3 Å². The number of aromatic nitrogens is 3. The van der Waals surface area contributed by atoms with Crippen molar-refractivity contribution < 1.29 is 5.11 Å². The van der Waals surface area contributed by atoms with Gasteiger partial charge in [0.25, 0.3) is 0 Å². The average Bonchev–Trinajstić information content (AvgIpc) is 2.57. The first-order valence-electron chi connectivity index (χ1n) is 6.63. The lowest BCUT2D eigenvalue weighted by molar-refractivity contribution is 0.475. The zero-order valence-corrected chi connectivity index (χ0v) is 12.6. The van der Waals surface area contributed by atoms with Gasteiger partial charge in [-0.1, -0.05) is 35.6 Å². The second kappa shape index (κ2) is 6.32. The van der Waals surface area contributed by atoms with E-state index < -0.39 is 5.56 Å². The van der Waals surface area contributed by atoms with Crippen molar-refractivity contribution >= 4 is 17.9 Å². The van der Waals surface area contributed by atoms with Gasteiger partial charge in [-0.3, -0.25) is 9.89 Å². The summed E-state index contributed by atoms with van der Waals surface area (Å²) in [5.74, 6) is 0.119. The minimum atomic E-state index is -0.470. The molecule has 0 atom stereocenters. The Morgan fingerprint density at radius 2 is 1.78 bits per heavy atom. The molecule has 0 amide bonds. The highest BCUT2D eigenvalue weighted by atomic mass is 32.1. The molecule has 0 bridgehead atoms. The maximum absolute atomic E-state index is 12.5. The molecule has 0 unspecified atom stereocenters. The van der Waals surface area contributed by atoms with Gasteiger partial charge in [-0.25, -0.2) is 0 Å². The molecule has 3 aromatic rings. The number of aromatic amines is 1. The van der Waals surface area contributed by atoms with E-state index in [0.29, 0.717) is 11.3 Å². The Morgan fingerprint density at radius 1 is 1.09 bits per heavy atom. The van der Waals surface area contributed by atoms with Crippen LogP contribution in [0, 0.1) is 4.77 Å². The van der Waals surface area contributed by atoms with Gasteiger partial charge in [-0.2, -0.15) is 5.10 Å². The normalized spacial score (nSPS) is 11.0. The first-order chi connectivity index (χ1) is 11.1. The van der Waals surface area contributed by atoms with E-state index in [9.17, 15) is 9.90 Å². The second-order valence-electron chi connectivity index (χ2n) is 4.57. The molecule has 7 nitrogen and oxygen atoms in total. The van der Waals surface area contributed by atoms with Crippen LogP contribution in [0.15, 0.2) is 69.7 Å². The molecule has 1 aromatic heterocycles. The largest absolute Gasteiger partial charge is 0.508 e. The highest BCUT2D eigenvalue weighted by Gasteiger charge is 2.09. The summed E-state index contributed by atoms with van der Waals surface area (Å²) >= 11 is 5.04. The van der Waals surface area contributed by atoms with Crippen molar-refractivity contribution in [3.63, 3.8) is 0 Å². The van der Waals surface area contributed by atoms with Crippen LogP contribution >= 0.6 is 12.2 Å². The monoisotopic (exact) mass is 325 g/mol. The SMILES string of the molecule is O=c1c(-c2ccccc2)n[nH]c(=S)n1N=Nc1ccc(O)cc1. The van der Waals surface area contributed by atoms with Gasteiger partial charge in [0.05, 0.1) is 5.69 Å². The first kappa shape index (κ1) is 14.8. The summed E-state index contributed by atoms with van der Waals surface area (Å²) in [5, 5.41) is 23.6. The Kier molecular flexibility index (Phi) is 4.07. The minimum Gasteiger partial charge on any atom is -0.508 e. The number of phenols is 1. The van der Waals surface area contributed by atoms with Crippen LogP contribution in [0.2, 0.25) is 0 Å². The van der Waals surface area contributed by atoms with Crippen molar-refractivity contribution in [3.05, 3.63) is 69.7 Å². The van der Waals surface area contributed by atoms with Crippen molar-refractivity contribution in [2.75, 3.05) is 0 Å². The van der Waals surface area contributed by atoms with Crippen molar-refractivity contribution in [1.82, 2.24) is 14.9 Å². The van der Waals surface area contributed by atoms with Crippen LogP contribution < -0.4 is 5.56 Å². The Labute approximate surface area is 135 Å². The lowest BCUT2D eigenvalue weighted by Gasteiger charge is -2.02. The molecule has 0 fully saturated rings. The van der Waals surface area contributed by atoms with Crippen LogP contribution in [-0.2, 0) is 0 Å². The fourth-order valence-electron chi connectivity index (χ4n) is 1.87. The van der Waals surface area contributed by atoms with Crippen molar-refractivity contribution in [3.8, 4) is 17.0 Å². The molecule has 23 heavy (non-hydrogen) atoms. The van der Waals surface area contributed by atoms with Crippen LogP contribution in [0.25, 0.3) is 11.3 Å². The Bertz CT molecular complexity index is 962. The molecule has 0 aliphatic heterocycles. The minimum absolute atomic E-state index is 0.0391. The maximum Gasteiger partial charge on any atom is 0.303 e. The van der Waals surface area contributed by atoms with Gasteiger partial charge in [0.1, 0.15) is 5.75 Å². The number of hydrogen-bond acceptors (Lipinski definition) is 6. The van der Waals surface area contributed by atoms with Gasteiger partial charge < -0.3 is 5.11 Å². The lowest BCUT2D eigenvalue weighted by Crippen LogP contribution is -2.21. The topological polar surface area (TPSA) is 95.6 Å². The molecule has 2 N–H and O–H groups in total. The molecule has 3 rings (SSSR count). The van der Waals surface area contributed by atoms with E-state index >= 15 is 0 Å². The molecule has 0 aliphatic carbocycles. The second-order valence-corrected chi connectivity index (χ2v) is 4.95. The number of benzene rings is 2. The molecular weight excluding hydrogens is 314 g/mol. The Morgan fingerprint density at radius 3 is 2.48 bits per heavy atom. The molecule has 0 spiro atoms. The molecular formula is C15H11N5O2S. The summed E-state index contributed by atoms with van der Waals surface area (Å²) in [6, 6.07) is 15.1. The fourth-order valence-corrected chi connectivity index (χ4v) is 2.04. The van der Waals surface area contributed by atoms with E-state index in [1.165, 1.54) is 12.1 Å². The summed E-state index contributed by atoms with van der Waals surface area (Å²) in [6.07, 6.45) is 0. The number of phenolic OH excluding ortho intramolecular Hbond substituents is 1. The quantitative estimate of drug-likeness (QED) is 0.571. The van der Waals surface area contributed by atoms with Crippen LogP contribution in [0.3, 0.4) is 0 Å². The molecule has 0 saturated heterocycles. The third-order valence-electron chi connectivity index (χ3n) is 3.00. The number of H-pyrrole nitrogens is 1. The predicted octanol–water partition coefficient (Wildman–Crippen LogP) is 3.22. The molecule has 1 heterocycles. The number of nitrogens with one attached hydrogen (secondary N) is 1. The van der Waals surface area contributed by atoms with E-state index in [-0.39, 0.29) is 16.2 Å². The van der Waals surface area contributed by atoms with Gasteiger partial charge in [-0.05, 0) is 36.5 Å². The molecule has 0 aliphatic rings. The van der Waals surface area contributed by atoms with E-state index in [1.807, 2.05) is 6.07 Å². The number of hydrogen-bond donors (Lipinski definition) is 2. The van der Waals surface area contributed by atoms with E-state index in [0.717, 1.165) is 4.68 Å². The van der Waals surface area contributed by atoms with Crippen LogP contribution in [0.5, 0.6) is 5.75 Å².